The molecular formula is C24H27F3N4O2. The highest BCUT2D eigenvalue weighted by molar-refractivity contribution is 5.64. The molecule has 3 aromatic rings. The van der Waals surface area contributed by atoms with Crippen LogP contribution >= 0.6 is 0 Å². The summed E-state index contributed by atoms with van der Waals surface area (Å²) in [5.41, 5.74) is 0.321. The Labute approximate surface area is 190 Å². The lowest BCUT2D eigenvalue weighted by atomic mass is 9.79. The van der Waals surface area contributed by atoms with E-state index in [1.165, 1.54) is 19.4 Å². The lowest BCUT2D eigenvalue weighted by molar-refractivity contribution is -0.162. The van der Waals surface area contributed by atoms with Gasteiger partial charge >= 0.3 is 6.18 Å². The Bertz CT molecular complexity index is 1120. The number of ether oxygens (including phenoxy) is 2. The number of pyridine rings is 2. The first-order chi connectivity index (χ1) is 15.4. The normalized spacial score (nSPS) is 18.3. The fourth-order valence-electron chi connectivity index (χ4n) is 4.70. The van der Waals surface area contributed by atoms with Crippen LogP contribution in [0.25, 0.3) is 17.1 Å². The van der Waals surface area contributed by atoms with E-state index in [0.29, 0.717) is 23.0 Å². The average Bonchev–Trinajstić information content (AvgIpc) is 3.16. The minimum Gasteiger partial charge on any atom is -0.480 e. The van der Waals surface area contributed by atoms with Crippen molar-refractivity contribution in [1.29, 1.82) is 0 Å². The Balaban J connectivity index is 1.84. The second-order valence-corrected chi connectivity index (χ2v) is 9.55. The van der Waals surface area contributed by atoms with Gasteiger partial charge in [0.25, 0.3) is 0 Å². The molecule has 0 aliphatic carbocycles. The van der Waals surface area contributed by atoms with Crippen LogP contribution in [0.1, 0.15) is 57.8 Å². The van der Waals surface area contributed by atoms with Gasteiger partial charge in [-0.2, -0.15) is 13.2 Å². The summed E-state index contributed by atoms with van der Waals surface area (Å²) in [6.07, 6.45) is 1.71. The Morgan fingerprint density at radius 1 is 1.06 bits per heavy atom. The molecule has 0 saturated carbocycles. The largest absolute Gasteiger partial charge is 0.480 e. The molecule has 0 spiro atoms. The van der Waals surface area contributed by atoms with E-state index in [2.05, 4.69) is 37.7 Å². The van der Waals surface area contributed by atoms with Crippen LogP contribution in [0.15, 0.2) is 42.9 Å². The molecule has 33 heavy (non-hydrogen) atoms. The van der Waals surface area contributed by atoms with Crippen molar-refractivity contribution in [2.24, 2.45) is 0 Å². The highest BCUT2D eigenvalue weighted by Gasteiger charge is 2.41. The van der Waals surface area contributed by atoms with Crippen LogP contribution in [0.5, 0.6) is 5.88 Å². The number of aromatic nitrogens is 4. The molecule has 1 fully saturated rings. The molecule has 3 aromatic heterocycles. The smallest absolute Gasteiger partial charge is 0.433 e. The van der Waals surface area contributed by atoms with E-state index in [1.807, 2.05) is 12.3 Å². The maximum atomic E-state index is 13.0. The van der Waals surface area contributed by atoms with E-state index < -0.39 is 11.9 Å². The number of rotatable bonds is 4. The van der Waals surface area contributed by atoms with Crippen LogP contribution in [0.4, 0.5) is 13.2 Å². The van der Waals surface area contributed by atoms with Crippen molar-refractivity contribution >= 4 is 0 Å². The van der Waals surface area contributed by atoms with Crippen LogP contribution in [0.2, 0.25) is 0 Å². The molecule has 4 rings (SSSR count). The second kappa shape index (κ2) is 8.13. The Morgan fingerprint density at radius 2 is 1.76 bits per heavy atom. The van der Waals surface area contributed by atoms with Crippen molar-refractivity contribution < 1.29 is 22.6 Å². The standard InChI is InChI=1S/C24H27F3N4O2/c1-22(2)11-15(12-23(3,4)33-22)18-14-31(16-8-9-19(29-13-16)24(25,26)27)20(30-18)17-7-6-10-28-21(17)32-5/h6-10,13-15H,11-12H2,1-5H3. The molecule has 6 nitrogen and oxygen atoms in total. The molecule has 0 radical (unpaired) electrons. The monoisotopic (exact) mass is 460 g/mol. The number of nitrogens with zero attached hydrogens (tertiary/aromatic N) is 4. The zero-order valence-electron chi connectivity index (χ0n) is 19.3. The lowest BCUT2D eigenvalue weighted by Gasteiger charge is -2.45. The van der Waals surface area contributed by atoms with Crippen LogP contribution in [-0.4, -0.2) is 37.8 Å². The summed E-state index contributed by atoms with van der Waals surface area (Å²) in [5.74, 6) is 1.01. The second-order valence-electron chi connectivity index (χ2n) is 9.55. The van der Waals surface area contributed by atoms with Gasteiger partial charge in [-0.15, -0.1) is 0 Å². The van der Waals surface area contributed by atoms with Crippen molar-refractivity contribution in [3.63, 3.8) is 0 Å². The van der Waals surface area contributed by atoms with E-state index in [4.69, 9.17) is 14.5 Å². The molecule has 0 amide bonds. The van der Waals surface area contributed by atoms with E-state index in [9.17, 15) is 13.2 Å². The first-order valence-electron chi connectivity index (χ1n) is 10.7. The van der Waals surface area contributed by atoms with Crippen LogP contribution in [-0.2, 0) is 10.9 Å². The van der Waals surface area contributed by atoms with E-state index in [1.54, 1.807) is 16.8 Å². The summed E-state index contributed by atoms with van der Waals surface area (Å²) in [6.45, 7) is 8.23. The molecule has 1 aliphatic rings. The van der Waals surface area contributed by atoms with Crippen molar-refractivity contribution in [1.82, 2.24) is 19.5 Å². The topological polar surface area (TPSA) is 62.1 Å². The molecular weight excluding hydrogens is 433 g/mol. The number of alkyl halides is 3. The van der Waals surface area contributed by atoms with Gasteiger partial charge in [0.05, 0.1) is 41.5 Å². The van der Waals surface area contributed by atoms with Gasteiger partial charge in [0.2, 0.25) is 5.88 Å². The van der Waals surface area contributed by atoms with Gasteiger partial charge in [-0.05, 0) is 64.8 Å². The Kier molecular flexibility index (Phi) is 5.72. The molecule has 4 heterocycles. The third-order valence-corrected chi connectivity index (χ3v) is 5.69. The quantitative estimate of drug-likeness (QED) is 0.492. The predicted octanol–water partition coefficient (Wildman–Crippen LogP) is 5.81. The average molecular weight is 461 g/mol. The number of hydrogen-bond donors (Lipinski definition) is 0. The number of imidazole rings is 1. The van der Waals surface area contributed by atoms with Crippen molar-refractivity contribution in [2.45, 2.75) is 63.8 Å². The van der Waals surface area contributed by atoms with Gasteiger partial charge in [0.1, 0.15) is 11.5 Å². The first kappa shape index (κ1) is 23.2. The van der Waals surface area contributed by atoms with Crippen molar-refractivity contribution in [2.75, 3.05) is 7.11 Å². The minimum absolute atomic E-state index is 0.105. The molecule has 0 bridgehead atoms. The molecule has 0 N–H and O–H groups in total. The predicted molar refractivity (Wildman–Crippen MR) is 117 cm³/mol. The van der Waals surface area contributed by atoms with Gasteiger partial charge < -0.3 is 9.47 Å². The van der Waals surface area contributed by atoms with E-state index >= 15 is 0 Å². The molecule has 9 heteroatoms. The molecule has 176 valence electrons. The van der Waals surface area contributed by atoms with Gasteiger partial charge in [0.15, 0.2) is 0 Å². The van der Waals surface area contributed by atoms with Gasteiger partial charge in [-0.3, -0.25) is 4.57 Å². The van der Waals surface area contributed by atoms with Crippen molar-refractivity contribution in [3.05, 3.63) is 54.2 Å². The van der Waals surface area contributed by atoms with E-state index in [0.717, 1.165) is 24.6 Å². The number of halogens is 3. The maximum Gasteiger partial charge on any atom is 0.433 e. The van der Waals surface area contributed by atoms with Crippen LogP contribution in [0, 0.1) is 0 Å². The first-order valence-corrected chi connectivity index (χ1v) is 10.7. The fraction of sp³-hybridized carbons (Fsp3) is 0.458. The summed E-state index contributed by atoms with van der Waals surface area (Å²) in [4.78, 5) is 12.8. The SMILES string of the molecule is COc1ncccc1-c1nc(C2CC(C)(C)OC(C)(C)C2)cn1-c1ccc(C(F)(F)F)nc1. The summed E-state index contributed by atoms with van der Waals surface area (Å²) >= 11 is 0. The molecule has 0 aromatic carbocycles. The Hall–Kier alpha value is -2.94. The summed E-state index contributed by atoms with van der Waals surface area (Å²) < 4.78 is 52.5. The third-order valence-electron chi connectivity index (χ3n) is 5.69. The molecule has 0 unspecified atom stereocenters. The maximum absolute atomic E-state index is 13.0. The zero-order chi connectivity index (χ0) is 24.0. The lowest BCUT2D eigenvalue weighted by Crippen LogP contribution is -2.44. The van der Waals surface area contributed by atoms with Crippen LogP contribution in [0.3, 0.4) is 0 Å². The highest BCUT2D eigenvalue weighted by Crippen LogP contribution is 2.44. The molecule has 1 aliphatic heterocycles. The van der Waals surface area contributed by atoms with E-state index in [-0.39, 0.29) is 17.1 Å². The Morgan fingerprint density at radius 3 is 2.33 bits per heavy atom. The zero-order valence-corrected chi connectivity index (χ0v) is 19.3. The molecule has 0 atom stereocenters. The van der Waals surface area contributed by atoms with Gasteiger partial charge in [-0.25, -0.2) is 15.0 Å². The third kappa shape index (κ3) is 4.88. The fourth-order valence-corrected chi connectivity index (χ4v) is 4.70. The molecule has 1 saturated heterocycles. The van der Waals surface area contributed by atoms with Crippen molar-refractivity contribution in [3.8, 4) is 23.0 Å². The van der Waals surface area contributed by atoms with Gasteiger partial charge in [0, 0.05) is 18.3 Å². The van der Waals surface area contributed by atoms with Crippen LogP contribution < -0.4 is 4.74 Å². The number of methoxy groups -OCH3 is 1. The summed E-state index contributed by atoms with van der Waals surface area (Å²) in [5, 5.41) is 0. The highest BCUT2D eigenvalue weighted by atomic mass is 19.4. The number of hydrogen-bond acceptors (Lipinski definition) is 5. The minimum atomic E-state index is -4.51. The summed E-state index contributed by atoms with van der Waals surface area (Å²) in [6, 6.07) is 5.96. The summed E-state index contributed by atoms with van der Waals surface area (Å²) in [7, 11) is 1.52. The van der Waals surface area contributed by atoms with Gasteiger partial charge in [-0.1, -0.05) is 0 Å².